The standard InChI is InChI=1S/C19H36N2O2S/c1-6-8-19(13-20-16-11-15(2)24-12-16)9-7-10-21(14-19)17(22)23-18(3,4)5/h15-16,20H,6-14H2,1-5H3. The molecule has 1 amide bonds. The second-order valence-corrected chi connectivity index (χ2v) is 10.2. The summed E-state index contributed by atoms with van der Waals surface area (Å²) in [5, 5.41) is 4.59. The van der Waals surface area contributed by atoms with Crippen LogP contribution in [0, 0.1) is 5.41 Å². The molecule has 0 bridgehead atoms. The molecule has 5 heteroatoms. The lowest BCUT2D eigenvalue weighted by Gasteiger charge is -2.43. The van der Waals surface area contributed by atoms with Gasteiger partial charge < -0.3 is 15.0 Å². The lowest BCUT2D eigenvalue weighted by molar-refractivity contribution is 0.00208. The molecule has 3 atom stereocenters. The highest BCUT2D eigenvalue weighted by molar-refractivity contribution is 8.00. The quantitative estimate of drug-likeness (QED) is 0.798. The number of likely N-dealkylation sites (tertiary alicyclic amines) is 1. The van der Waals surface area contributed by atoms with Gasteiger partial charge in [0.2, 0.25) is 0 Å². The molecule has 2 saturated heterocycles. The van der Waals surface area contributed by atoms with Crippen LogP contribution in [0.25, 0.3) is 0 Å². The van der Waals surface area contributed by atoms with Crippen molar-refractivity contribution in [1.29, 1.82) is 0 Å². The van der Waals surface area contributed by atoms with E-state index in [2.05, 4.69) is 30.9 Å². The van der Waals surface area contributed by atoms with Crippen molar-refractivity contribution >= 4 is 17.9 Å². The van der Waals surface area contributed by atoms with Crippen LogP contribution in [-0.4, -0.2) is 53.3 Å². The predicted octanol–water partition coefficient (Wildman–Crippen LogP) is 4.29. The maximum absolute atomic E-state index is 12.5. The molecule has 0 saturated carbocycles. The number of hydrogen-bond acceptors (Lipinski definition) is 4. The number of piperidine rings is 1. The monoisotopic (exact) mass is 356 g/mol. The number of ether oxygens (including phenoxy) is 1. The van der Waals surface area contributed by atoms with Gasteiger partial charge in [0.15, 0.2) is 0 Å². The van der Waals surface area contributed by atoms with Crippen molar-refractivity contribution in [3.63, 3.8) is 0 Å². The zero-order valence-corrected chi connectivity index (χ0v) is 17.0. The molecule has 4 nitrogen and oxygen atoms in total. The number of amides is 1. The summed E-state index contributed by atoms with van der Waals surface area (Å²) >= 11 is 2.07. The number of nitrogens with zero attached hydrogens (tertiary/aromatic N) is 1. The smallest absolute Gasteiger partial charge is 0.410 e. The second-order valence-electron chi connectivity index (χ2n) is 8.71. The molecule has 2 aliphatic heterocycles. The van der Waals surface area contributed by atoms with Crippen LogP contribution in [0.15, 0.2) is 0 Å². The van der Waals surface area contributed by atoms with E-state index in [1.54, 1.807) is 0 Å². The SMILES string of the molecule is CCCC1(CNC2CSC(C)C2)CCCN(C(=O)OC(C)(C)C)C1. The summed E-state index contributed by atoms with van der Waals surface area (Å²) in [6.07, 6.45) is 5.75. The Balaban J connectivity index is 1.95. The summed E-state index contributed by atoms with van der Waals surface area (Å²) in [6, 6.07) is 0.635. The van der Waals surface area contributed by atoms with Crippen molar-refractivity contribution in [3.8, 4) is 0 Å². The third-order valence-electron chi connectivity index (χ3n) is 5.06. The molecule has 2 aliphatic rings. The Hall–Kier alpha value is -0.420. The molecular formula is C19H36N2O2S. The first kappa shape index (κ1) is 19.9. The molecule has 24 heavy (non-hydrogen) atoms. The van der Waals surface area contributed by atoms with Gasteiger partial charge in [-0.25, -0.2) is 4.79 Å². The lowest BCUT2D eigenvalue weighted by atomic mass is 9.76. The summed E-state index contributed by atoms with van der Waals surface area (Å²) in [5.41, 5.74) is -0.211. The minimum absolute atomic E-state index is 0.146. The van der Waals surface area contributed by atoms with E-state index in [9.17, 15) is 4.79 Å². The van der Waals surface area contributed by atoms with E-state index in [0.717, 1.165) is 31.3 Å². The fourth-order valence-corrected chi connectivity index (χ4v) is 5.16. The summed E-state index contributed by atoms with van der Waals surface area (Å²) in [7, 11) is 0. The summed E-state index contributed by atoms with van der Waals surface area (Å²) in [5.74, 6) is 1.22. The molecule has 3 unspecified atom stereocenters. The Bertz CT molecular complexity index is 420. The van der Waals surface area contributed by atoms with Crippen LogP contribution in [0.3, 0.4) is 0 Å². The fourth-order valence-electron chi connectivity index (χ4n) is 3.98. The van der Waals surface area contributed by atoms with E-state index in [1.807, 2.05) is 25.7 Å². The Morgan fingerprint density at radius 1 is 1.42 bits per heavy atom. The van der Waals surface area contributed by atoms with Crippen molar-refractivity contribution < 1.29 is 9.53 Å². The van der Waals surface area contributed by atoms with Gasteiger partial charge in [-0.1, -0.05) is 20.3 Å². The maximum atomic E-state index is 12.5. The Kier molecular flexibility index (Phi) is 6.89. The third-order valence-corrected chi connectivity index (χ3v) is 6.41. The van der Waals surface area contributed by atoms with Crippen molar-refractivity contribution in [2.45, 2.75) is 83.6 Å². The van der Waals surface area contributed by atoms with Crippen LogP contribution in [0.2, 0.25) is 0 Å². The number of hydrogen-bond donors (Lipinski definition) is 1. The van der Waals surface area contributed by atoms with Gasteiger partial charge in [0.1, 0.15) is 5.60 Å². The highest BCUT2D eigenvalue weighted by Crippen LogP contribution is 2.36. The van der Waals surface area contributed by atoms with Crippen molar-refractivity contribution in [2.75, 3.05) is 25.4 Å². The molecule has 0 aromatic heterocycles. The molecule has 0 aliphatic carbocycles. The van der Waals surface area contributed by atoms with Gasteiger partial charge in [0.05, 0.1) is 0 Å². The summed E-state index contributed by atoms with van der Waals surface area (Å²) < 4.78 is 5.60. The first-order valence-corrected chi connectivity index (χ1v) is 10.6. The first-order valence-electron chi connectivity index (χ1n) is 9.56. The molecule has 140 valence electrons. The second kappa shape index (κ2) is 8.31. The van der Waals surface area contributed by atoms with E-state index in [4.69, 9.17) is 4.74 Å². The lowest BCUT2D eigenvalue weighted by Crippen LogP contribution is -2.52. The Morgan fingerprint density at radius 3 is 2.75 bits per heavy atom. The molecule has 2 rings (SSSR count). The van der Waals surface area contributed by atoms with Gasteiger partial charge in [-0.2, -0.15) is 11.8 Å². The van der Waals surface area contributed by atoms with Gasteiger partial charge in [0.25, 0.3) is 0 Å². The van der Waals surface area contributed by atoms with Crippen molar-refractivity contribution in [1.82, 2.24) is 10.2 Å². The van der Waals surface area contributed by atoms with Crippen molar-refractivity contribution in [3.05, 3.63) is 0 Å². The fraction of sp³-hybridized carbons (Fsp3) is 0.947. The van der Waals surface area contributed by atoms with E-state index in [-0.39, 0.29) is 11.5 Å². The predicted molar refractivity (Wildman–Crippen MR) is 103 cm³/mol. The first-order chi connectivity index (χ1) is 11.2. The van der Waals surface area contributed by atoms with E-state index >= 15 is 0 Å². The highest BCUT2D eigenvalue weighted by atomic mass is 32.2. The maximum Gasteiger partial charge on any atom is 0.410 e. The topological polar surface area (TPSA) is 41.6 Å². The average Bonchev–Trinajstić information content (AvgIpc) is 2.90. The largest absolute Gasteiger partial charge is 0.444 e. The van der Waals surface area contributed by atoms with Gasteiger partial charge in [-0.15, -0.1) is 0 Å². The van der Waals surface area contributed by atoms with Crippen LogP contribution < -0.4 is 5.32 Å². The Morgan fingerprint density at radius 2 is 2.17 bits per heavy atom. The minimum atomic E-state index is -0.419. The van der Waals surface area contributed by atoms with E-state index < -0.39 is 5.60 Å². The van der Waals surface area contributed by atoms with Gasteiger partial charge in [0, 0.05) is 42.1 Å². The Labute approximate surface area is 152 Å². The van der Waals surface area contributed by atoms with Crippen LogP contribution in [0.5, 0.6) is 0 Å². The normalized spacial score (nSPS) is 31.3. The number of rotatable bonds is 5. The van der Waals surface area contributed by atoms with Crippen LogP contribution in [0.1, 0.15) is 66.7 Å². The van der Waals surface area contributed by atoms with Gasteiger partial charge >= 0.3 is 6.09 Å². The van der Waals surface area contributed by atoms with E-state index in [0.29, 0.717) is 6.04 Å². The number of thioether (sulfide) groups is 1. The average molecular weight is 357 g/mol. The van der Waals surface area contributed by atoms with E-state index in [1.165, 1.54) is 31.4 Å². The van der Waals surface area contributed by atoms with Crippen LogP contribution in [0.4, 0.5) is 4.79 Å². The molecule has 2 fully saturated rings. The minimum Gasteiger partial charge on any atom is -0.444 e. The molecular weight excluding hydrogens is 320 g/mol. The van der Waals surface area contributed by atoms with Crippen LogP contribution >= 0.6 is 11.8 Å². The number of nitrogens with one attached hydrogen (secondary N) is 1. The molecule has 0 aromatic carbocycles. The molecule has 0 aromatic rings. The van der Waals surface area contributed by atoms with Crippen LogP contribution in [-0.2, 0) is 4.74 Å². The molecule has 0 spiro atoms. The van der Waals surface area contributed by atoms with Crippen molar-refractivity contribution in [2.24, 2.45) is 5.41 Å². The zero-order chi connectivity index (χ0) is 17.8. The molecule has 1 N–H and O–H groups in total. The molecule has 0 radical (unpaired) electrons. The zero-order valence-electron chi connectivity index (χ0n) is 16.2. The van der Waals surface area contributed by atoms with Gasteiger partial charge in [-0.3, -0.25) is 0 Å². The number of carbonyl (C=O) groups is 1. The summed E-state index contributed by atoms with van der Waals surface area (Å²) in [4.78, 5) is 14.4. The molecule has 2 heterocycles. The van der Waals surface area contributed by atoms with Gasteiger partial charge in [-0.05, 0) is 46.5 Å². The number of carbonyl (C=O) groups excluding carboxylic acids is 1. The third kappa shape index (κ3) is 5.83. The highest BCUT2D eigenvalue weighted by Gasteiger charge is 2.38. The summed E-state index contributed by atoms with van der Waals surface area (Å²) in [6.45, 7) is 13.1.